The minimum absolute atomic E-state index is 0.322. The van der Waals surface area contributed by atoms with E-state index >= 15 is 0 Å². The van der Waals surface area contributed by atoms with Crippen molar-refractivity contribution in [2.24, 2.45) is 7.05 Å². The molecule has 1 unspecified atom stereocenters. The van der Waals surface area contributed by atoms with Crippen molar-refractivity contribution in [1.82, 2.24) is 20.1 Å². The first-order valence-electron chi connectivity index (χ1n) is 3.80. The summed E-state index contributed by atoms with van der Waals surface area (Å²) in [7, 11) is 3.84. The van der Waals surface area contributed by atoms with Gasteiger partial charge in [-0.25, -0.2) is 4.98 Å². The van der Waals surface area contributed by atoms with E-state index in [9.17, 15) is 0 Å². The fourth-order valence-electron chi connectivity index (χ4n) is 1.14. The summed E-state index contributed by atoms with van der Waals surface area (Å²) in [6.45, 7) is 2.12. The fraction of sp³-hybridized carbons (Fsp3) is 0.714. The van der Waals surface area contributed by atoms with Crippen LogP contribution in [0.3, 0.4) is 0 Å². The van der Waals surface area contributed by atoms with Crippen molar-refractivity contribution < 1.29 is 0 Å². The molecule has 4 nitrogen and oxygen atoms in total. The molecule has 1 aromatic rings. The molecule has 1 heterocycles. The van der Waals surface area contributed by atoms with E-state index in [0.717, 1.165) is 12.2 Å². The molecule has 11 heavy (non-hydrogen) atoms. The Hall–Kier alpha value is -0.900. The molecule has 0 spiro atoms. The van der Waals surface area contributed by atoms with Crippen LogP contribution in [0.25, 0.3) is 0 Å². The molecule has 0 aromatic carbocycles. The SMILES string of the molecule is CCC(NC)c1ncnn1C. The van der Waals surface area contributed by atoms with Gasteiger partial charge >= 0.3 is 0 Å². The summed E-state index contributed by atoms with van der Waals surface area (Å²) in [5, 5.41) is 7.17. The van der Waals surface area contributed by atoms with Crippen LogP contribution in [0.4, 0.5) is 0 Å². The average molecular weight is 154 g/mol. The summed E-state index contributed by atoms with van der Waals surface area (Å²) in [5.74, 6) is 0.995. The Morgan fingerprint density at radius 1 is 1.73 bits per heavy atom. The molecule has 1 aromatic heterocycles. The van der Waals surface area contributed by atoms with Crippen LogP contribution in [0, 0.1) is 0 Å². The minimum atomic E-state index is 0.322. The van der Waals surface area contributed by atoms with Crippen molar-refractivity contribution in [2.45, 2.75) is 19.4 Å². The summed E-state index contributed by atoms with van der Waals surface area (Å²) in [6.07, 6.45) is 2.61. The van der Waals surface area contributed by atoms with Crippen molar-refractivity contribution in [3.05, 3.63) is 12.2 Å². The molecular formula is C7H14N4. The van der Waals surface area contributed by atoms with E-state index in [2.05, 4.69) is 22.3 Å². The van der Waals surface area contributed by atoms with Gasteiger partial charge < -0.3 is 5.32 Å². The maximum Gasteiger partial charge on any atom is 0.143 e. The van der Waals surface area contributed by atoms with Crippen LogP contribution in [0.15, 0.2) is 6.33 Å². The predicted octanol–water partition coefficient (Wildman–Crippen LogP) is 0.486. The third-order valence-corrected chi connectivity index (χ3v) is 1.81. The number of hydrogen-bond donors (Lipinski definition) is 1. The molecule has 1 N–H and O–H groups in total. The number of aromatic nitrogens is 3. The molecule has 0 fully saturated rings. The Morgan fingerprint density at radius 3 is 2.82 bits per heavy atom. The molecule has 0 bridgehead atoms. The second kappa shape index (κ2) is 3.48. The molecule has 1 atom stereocenters. The number of aryl methyl sites for hydroxylation is 1. The van der Waals surface area contributed by atoms with Gasteiger partial charge in [0.1, 0.15) is 12.2 Å². The van der Waals surface area contributed by atoms with E-state index < -0.39 is 0 Å². The van der Waals surface area contributed by atoms with Gasteiger partial charge in [-0.15, -0.1) is 0 Å². The average Bonchev–Trinajstić information content (AvgIpc) is 2.40. The Bertz CT molecular complexity index is 214. The first-order valence-corrected chi connectivity index (χ1v) is 3.80. The lowest BCUT2D eigenvalue weighted by molar-refractivity contribution is 0.513. The van der Waals surface area contributed by atoms with Crippen LogP contribution in [-0.2, 0) is 7.05 Å². The molecule has 0 aliphatic heterocycles. The monoisotopic (exact) mass is 154 g/mol. The zero-order valence-corrected chi connectivity index (χ0v) is 7.20. The van der Waals surface area contributed by atoms with E-state index in [1.165, 1.54) is 0 Å². The van der Waals surface area contributed by atoms with Gasteiger partial charge in [0.05, 0.1) is 6.04 Å². The lowest BCUT2D eigenvalue weighted by Gasteiger charge is -2.11. The lowest BCUT2D eigenvalue weighted by atomic mass is 10.2. The smallest absolute Gasteiger partial charge is 0.143 e. The molecule has 0 aliphatic rings. The van der Waals surface area contributed by atoms with Gasteiger partial charge in [0, 0.05) is 7.05 Å². The summed E-state index contributed by atoms with van der Waals surface area (Å²) in [4.78, 5) is 4.15. The molecule has 1 rings (SSSR count). The van der Waals surface area contributed by atoms with Gasteiger partial charge in [-0.3, -0.25) is 4.68 Å². The topological polar surface area (TPSA) is 42.7 Å². The van der Waals surface area contributed by atoms with Crippen LogP contribution in [0.5, 0.6) is 0 Å². The zero-order chi connectivity index (χ0) is 8.27. The molecule has 0 amide bonds. The summed E-state index contributed by atoms with van der Waals surface area (Å²) in [5.41, 5.74) is 0. The predicted molar refractivity (Wildman–Crippen MR) is 43.1 cm³/mol. The first kappa shape index (κ1) is 8.20. The third kappa shape index (κ3) is 1.57. The largest absolute Gasteiger partial charge is 0.310 e. The van der Waals surface area contributed by atoms with Crippen molar-refractivity contribution in [3.63, 3.8) is 0 Å². The highest BCUT2D eigenvalue weighted by molar-refractivity contribution is 4.92. The van der Waals surface area contributed by atoms with Gasteiger partial charge in [0.15, 0.2) is 0 Å². The summed E-state index contributed by atoms with van der Waals surface area (Å²) < 4.78 is 1.80. The highest BCUT2D eigenvalue weighted by atomic mass is 15.3. The van der Waals surface area contributed by atoms with E-state index in [4.69, 9.17) is 0 Å². The van der Waals surface area contributed by atoms with E-state index in [0.29, 0.717) is 6.04 Å². The van der Waals surface area contributed by atoms with Crippen LogP contribution >= 0.6 is 0 Å². The maximum atomic E-state index is 4.15. The number of nitrogens with zero attached hydrogens (tertiary/aromatic N) is 3. The van der Waals surface area contributed by atoms with Crippen molar-refractivity contribution in [3.8, 4) is 0 Å². The van der Waals surface area contributed by atoms with Gasteiger partial charge in [-0.05, 0) is 13.5 Å². The fourth-order valence-corrected chi connectivity index (χ4v) is 1.14. The van der Waals surface area contributed by atoms with E-state index in [1.807, 2.05) is 14.1 Å². The molecule has 0 saturated heterocycles. The second-order valence-corrected chi connectivity index (χ2v) is 2.49. The maximum absolute atomic E-state index is 4.15. The number of rotatable bonds is 3. The summed E-state index contributed by atoms with van der Waals surface area (Å²) >= 11 is 0. The molecule has 0 radical (unpaired) electrons. The third-order valence-electron chi connectivity index (χ3n) is 1.81. The standard InChI is InChI=1S/C7H14N4/c1-4-6(8-2)7-9-5-10-11(7)3/h5-6,8H,4H2,1-3H3. The Labute approximate surface area is 66.6 Å². The molecule has 4 heteroatoms. The van der Waals surface area contributed by atoms with Crippen molar-refractivity contribution in [2.75, 3.05) is 7.05 Å². The Morgan fingerprint density at radius 2 is 2.45 bits per heavy atom. The van der Waals surface area contributed by atoms with Gasteiger partial charge in [0.25, 0.3) is 0 Å². The highest BCUT2D eigenvalue weighted by Crippen LogP contribution is 2.10. The minimum Gasteiger partial charge on any atom is -0.310 e. The Balaban J connectivity index is 2.81. The van der Waals surface area contributed by atoms with Gasteiger partial charge in [-0.2, -0.15) is 5.10 Å². The highest BCUT2D eigenvalue weighted by Gasteiger charge is 2.10. The quantitative estimate of drug-likeness (QED) is 0.688. The molecule has 0 aliphatic carbocycles. The zero-order valence-electron chi connectivity index (χ0n) is 7.20. The van der Waals surface area contributed by atoms with Gasteiger partial charge in [-0.1, -0.05) is 6.92 Å². The Kier molecular flexibility index (Phi) is 2.59. The van der Waals surface area contributed by atoms with Crippen LogP contribution in [0.1, 0.15) is 25.2 Å². The normalized spacial score (nSPS) is 13.4. The molecular weight excluding hydrogens is 140 g/mol. The van der Waals surface area contributed by atoms with Gasteiger partial charge in [0.2, 0.25) is 0 Å². The lowest BCUT2D eigenvalue weighted by Crippen LogP contribution is -2.19. The second-order valence-electron chi connectivity index (χ2n) is 2.49. The van der Waals surface area contributed by atoms with E-state index in [-0.39, 0.29) is 0 Å². The summed E-state index contributed by atoms with van der Waals surface area (Å²) in [6, 6.07) is 0.322. The van der Waals surface area contributed by atoms with E-state index in [1.54, 1.807) is 11.0 Å². The number of hydrogen-bond acceptors (Lipinski definition) is 3. The van der Waals surface area contributed by atoms with Crippen LogP contribution < -0.4 is 5.32 Å². The first-order chi connectivity index (χ1) is 5.29. The van der Waals surface area contributed by atoms with Crippen molar-refractivity contribution >= 4 is 0 Å². The number of nitrogens with one attached hydrogen (secondary N) is 1. The molecule has 0 saturated carbocycles. The van der Waals surface area contributed by atoms with Crippen LogP contribution in [-0.4, -0.2) is 21.8 Å². The van der Waals surface area contributed by atoms with Crippen molar-refractivity contribution in [1.29, 1.82) is 0 Å². The van der Waals surface area contributed by atoms with Crippen LogP contribution in [0.2, 0.25) is 0 Å². The molecule has 62 valence electrons.